The minimum atomic E-state index is -0.914. The first kappa shape index (κ1) is 34.7. The van der Waals surface area contributed by atoms with Gasteiger partial charge in [-0.3, -0.25) is 9.69 Å². The second-order valence-corrected chi connectivity index (χ2v) is 12.2. The van der Waals surface area contributed by atoms with E-state index in [2.05, 4.69) is 17.1 Å². The zero-order chi connectivity index (χ0) is 32.8. The van der Waals surface area contributed by atoms with E-state index in [4.69, 9.17) is 4.74 Å². The summed E-state index contributed by atoms with van der Waals surface area (Å²) < 4.78 is 5.25. The van der Waals surface area contributed by atoms with Crippen LogP contribution in [0.4, 0.5) is 14.4 Å². The fourth-order valence-electron chi connectivity index (χ4n) is 6.28. The van der Waals surface area contributed by atoms with Crippen LogP contribution < -0.4 is 5.32 Å². The number of benzene rings is 2. The largest absolute Gasteiger partial charge is 0.465 e. The summed E-state index contributed by atoms with van der Waals surface area (Å²) in [6, 6.07) is 18.9. The van der Waals surface area contributed by atoms with Gasteiger partial charge in [0.25, 0.3) is 5.91 Å². The van der Waals surface area contributed by atoms with Crippen molar-refractivity contribution in [3.05, 3.63) is 71.8 Å². The number of nitrogens with zero attached hydrogens (tertiary/aromatic N) is 4. The highest BCUT2D eigenvalue weighted by Crippen LogP contribution is 2.37. The van der Waals surface area contributed by atoms with E-state index in [1.54, 1.807) is 0 Å². The van der Waals surface area contributed by atoms with Crippen LogP contribution in [0.3, 0.4) is 0 Å². The average Bonchev–Trinajstić information content (AvgIpc) is 3.25. The first-order chi connectivity index (χ1) is 22.3. The third-order valence-electron chi connectivity index (χ3n) is 8.97. The molecular formula is C35H49N5O6. The molecule has 46 heavy (non-hydrogen) atoms. The highest BCUT2D eigenvalue weighted by molar-refractivity contribution is 6.07. The molecule has 5 amide bonds. The van der Waals surface area contributed by atoms with E-state index in [-0.39, 0.29) is 18.5 Å². The Morgan fingerprint density at radius 3 is 2.17 bits per heavy atom. The lowest BCUT2D eigenvalue weighted by atomic mass is 9.85. The number of imide groups is 1. The lowest BCUT2D eigenvalue weighted by Crippen LogP contribution is -2.56. The van der Waals surface area contributed by atoms with Gasteiger partial charge in [0.2, 0.25) is 0 Å². The second kappa shape index (κ2) is 17.5. The number of piperidine rings is 1. The van der Waals surface area contributed by atoms with Crippen molar-refractivity contribution in [3.63, 3.8) is 0 Å². The van der Waals surface area contributed by atoms with Crippen LogP contribution in [0, 0.1) is 0 Å². The third-order valence-corrected chi connectivity index (χ3v) is 8.97. The summed E-state index contributed by atoms with van der Waals surface area (Å²) in [4.78, 5) is 58.1. The van der Waals surface area contributed by atoms with Crippen molar-refractivity contribution in [1.29, 1.82) is 0 Å². The molecule has 0 aromatic heterocycles. The molecule has 0 radical (unpaired) electrons. The van der Waals surface area contributed by atoms with Crippen LogP contribution >= 0.6 is 0 Å². The molecule has 1 spiro atoms. The molecular weight excluding hydrogens is 586 g/mol. The smallest absolute Gasteiger partial charge is 0.407 e. The molecule has 11 heteroatoms. The number of hydrogen-bond donors (Lipinski definition) is 2. The number of ether oxygens (including phenoxy) is 1. The summed E-state index contributed by atoms with van der Waals surface area (Å²) >= 11 is 0. The van der Waals surface area contributed by atoms with Gasteiger partial charge in [0, 0.05) is 45.8 Å². The Hall–Kier alpha value is -4.12. The van der Waals surface area contributed by atoms with Gasteiger partial charge in [0.05, 0.1) is 0 Å². The predicted molar refractivity (Wildman–Crippen MR) is 175 cm³/mol. The molecule has 0 bridgehead atoms. The van der Waals surface area contributed by atoms with Crippen LogP contribution in [-0.4, -0.2) is 100 Å². The maximum absolute atomic E-state index is 13.8. The first-order valence-corrected chi connectivity index (χ1v) is 16.7. The van der Waals surface area contributed by atoms with Gasteiger partial charge in [0.1, 0.15) is 12.1 Å². The fraction of sp³-hybridized carbons (Fsp3) is 0.543. The minimum absolute atomic E-state index is 0.0958. The van der Waals surface area contributed by atoms with Crippen molar-refractivity contribution in [1.82, 2.24) is 24.9 Å². The van der Waals surface area contributed by atoms with E-state index in [0.717, 1.165) is 56.4 Å². The number of carboxylic acid groups (broad SMARTS) is 1. The van der Waals surface area contributed by atoms with Gasteiger partial charge in [0.15, 0.2) is 0 Å². The van der Waals surface area contributed by atoms with Gasteiger partial charge in [-0.05, 0) is 62.6 Å². The molecule has 2 aromatic rings. The molecule has 11 nitrogen and oxygen atoms in total. The van der Waals surface area contributed by atoms with Crippen molar-refractivity contribution in [2.45, 2.75) is 77.0 Å². The SMILES string of the molecule is CCCCN1C(=O)N(CCCCNC(=O)OCc2ccccc2)C(=O)C12CCN(CCCCN(Cc1ccccc1)C(=O)O)CC2. The number of nitrogens with one attached hydrogen (secondary N) is 1. The minimum Gasteiger partial charge on any atom is -0.465 e. The monoisotopic (exact) mass is 635 g/mol. The van der Waals surface area contributed by atoms with Crippen molar-refractivity contribution in [2.75, 3.05) is 45.8 Å². The zero-order valence-electron chi connectivity index (χ0n) is 27.1. The summed E-state index contributed by atoms with van der Waals surface area (Å²) in [5, 5.41) is 12.4. The number of unbranched alkanes of at least 4 members (excludes halogenated alkanes) is 3. The lowest BCUT2D eigenvalue weighted by Gasteiger charge is -2.42. The van der Waals surface area contributed by atoms with E-state index in [9.17, 15) is 24.3 Å². The van der Waals surface area contributed by atoms with E-state index in [1.165, 1.54) is 9.80 Å². The molecule has 2 aromatic carbocycles. The Balaban J connectivity index is 1.20. The summed E-state index contributed by atoms with van der Waals surface area (Å²) in [5.41, 5.74) is 1.09. The third kappa shape index (κ3) is 9.45. The maximum atomic E-state index is 13.8. The van der Waals surface area contributed by atoms with Gasteiger partial charge < -0.3 is 29.9 Å². The molecule has 0 atom stereocenters. The number of alkyl carbamates (subject to hydrolysis) is 1. The van der Waals surface area contributed by atoms with Gasteiger partial charge in [-0.1, -0.05) is 74.0 Å². The molecule has 2 aliphatic rings. The Bertz CT molecular complexity index is 1270. The molecule has 2 heterocycles. The van der Waals surface area contributed by atoms with Crippen molar-refractivity contribution >= 4 is 24.1 Å². The highest BCUT2D eigenvalue weighted by atomic mass is 16.5. The standard InChI is InChI=1S/C35H49N5O6/c1-2-3-24-40-33(43)39(23-11-10-20-36-32(42)46-28-30-16-8-5-9-17-30)31(41)35(40)18-25-37(26-19-35)21-12-13-22-38(34(44)45)27-29-14-6-4-7-15-29/h4-9,14-17H,2-3,10-13,18-28H2,1H3,(H,36,42)(H,44,45). The Labute approximate surface area is 272 Å². The highest BCUT2D eigenvalue weighted by Gasteiger charge is 2.57. The molecule has 2 saturated heterocycles. The van der Waals surface area contributed by atoms with Crippen LogP contribution in [0.2, 0.25) is 0 Å². The van der Waals surface area contributed by atoms with Gasteiger partial charge in [-0.15, -0.1) is 0 Å². The van der Waals surface area contributed by atoms with E-state index in [1.807, 2.05) is 65.6 Å². The molecule has 2 N–H and O–H groups in total. The van der Waals surface area contributed by atoms with Crippen molar-refractivity contribution in [3.8, 4) is 0 Å². The Morgan fingerprint density at radius 2 is 1.52 bits per heavy atom. The maximum Gasteiger partial charge on any atom is 0.407 e. The Kier molecular flexibility index (Phi) is 13.3. The Morgan fingerprint density at radius 1 is 0.870 bits per heavy atom. The van der Waals surface area contributed by atoms with Crippen LogP contribution in [0.15, 0.2) is 60.7 Å². The summed E-state index contributed by atoms with van der Waals surface area (Å²) in [7, 11) is 0. The van der Waals surface area contributed by atoms with Crippen LogP contribution in [0.5, 0.6) is 0 Å². The van der Waals surface area contributed by atoms with E-state index in [0.29, 0.717) is 58.4 Å². The van der Waals surface area contributed by atoms with Gasteiger partial charge in [-0.25, -0.2) is 14.4 Å². The van der Waals surface area contributed by atoms with E-state index >= 15 is 0 Å². The quantitative estimate of drug-likeness (QED) is 0.173. The molecule has 250 valence electrons. The van der Waals surface area contributed by atoms with Crippen LogP contribution in [0.25, 0.3) is 0 Å². The summed E-state index contributed by atoms with van der Waals surface area (Å²) in [5.74, 6) is -0.0958. The number of urea groups is 1. The molecule has 2 fully saturated rings. The number of carbonyl (C=O) groups excluding carboxylic acids is 3. The normalized spacial score (nSPS) is 16.2. The lowest BCUT2D eigenvalue weighted by molar-refractivity contribution is -0.135. The molecule has 2 aliphatic heterocycles. The fourth-order valence-corrected chi connectivity index (χ4v) is 6.28. The van der Waals surface area contributed by atoms with Gasteiger partial charge >= 0.3 is 18.2 Å². The van der Waals surface area contributed by atoms with Gasteiger partial charge in [-0.2, -0.15) is 0 Å². The van der Waals surface area contributed by atoms with Crippen molar-refractivity contribution in [2.24, 2.45) is 0 Å². The van der Waals surface area contributed by atoms with Crippen molar-refractivity contribution < 1.29 is 29.0 Å². The predicted octanol–water partition coefficient (Wildman–Crippen LogP) is 5.55. The molecule has 0 unspecified atom stereocenters. The zero-order valence-corrected chi connectivity index (χ0v) is 27.1. The molecule has 0 saturated carbocycles. The topological polar surface area (TPSA) is 123 Å². The number of amides is 5. The second-order valence-electron chi connectivity index (χ2n) is 12.2. The van der Waals surface area contributed by atoms with Crippen LogP contribution in [0.1, 0.15) is 69.4 Å². The number of rotatable bonds is 17. The molecule has 0 aliphatic carbocycles. The molecule has 4 rings (SSSR count). The van der Waals surface area contributed by atoms with Crippen LogP contribution in [-0.2, 0) is 22.7 Å². The number of carbonyl (C=O) groups is 4. The van der Waals surface area contributed by atoms with E-state index < -0.39 is 17.7 Å². The summed E-state index contributed by atoms with van der Waals surface area (Å²) in [6.07, 6.45) is 4.41. The number of hydrogen-bond acceptors (Lipinski definition) is 6. The average molecular weight is 636 g/mol. The number of likely N-dealkylation sites (tertiary alicyclic amines) is 1. The summed E-state index contributed by atoms with van der Waals surface area (Å²) in [6.45, 7) is 6.70. The first-order valence-electron chi connectivity index (χ1n) is 16.7.